The predicted molar refractivity (Wildman–Crippen MR) is 238 cm³/mol. The molecule has 2 heterocycles. The third-order valence-electron chi connectivity index (χ3n) is 7.70. The Kier molecular flexibility index (Phi) is 30.1. The van der Waals surface area contributed by atoms with Crippen molar-refractivity contribution in [1.29, 1.82) is 0 Å². The highest BCUT2D eigenvalue weighted by Crippen LogP contribution is 2.36. The van der Waals surface area contributed by atoms with E-state index in [9.17, 15) is 28.8 Å². The fourth-order valence-corrected chi connectivity index (χ4v) is 7.00. The Labute approximate surface area is 398 Å². The number of carboxylic acids is 2. The van der Waals surface area contributed by atoms with Gasteiger partial charge >= 0.3 is 35.8 Å². The van der Waals surface area contributed by atoms with E-state index in [4.69, 9.17) is 75.6 Å². The molecule has 0 amide bonds. The number of rotatable bonds is 12. The van der Waals surface area contributed by atoms with Gasteiger partial charge in [0.1, 0.15) is 48.6 Å². The summed E-state index contributed by atoms with van der Waals surface area (Å²) in [5.74, 6) is -4.60. The molecule has 0 radical (unpaired) electrons. The second-order valence-corrected chi connectivity index (χ2v) is 15.4. The summed E-state index contributed by atoms with van der Waals surface area (Å²) in [6, 6.07) is 12.3. The fourth-order valence-electron chi connectivity index (χ4n) is 5.31. The largest absolute Gasteiger partial charge is 0.481 e. The van der Waals surface area contributed by atoms with Crippen LogP contribution < -0.4 is 0 Å². The van der Waals surface area contributed by atoms with E-state index < -0.39 is 89.3 Å². The summed E-state index contributed by atoms with van der Waals surface area (Å²) in [5.41, 5.74) is 17.1. The van der Waals surface area contributed by atoms with Gasteiger partial charge < -0.3 is 48.1 Å². The van der Waals surface area contributed by atoms with Crippen LogP contribution >= 0.6 is 36.0 Å². The molecule has 8 atom stereocenters. The molecule has 2 unspecified atom stereocenters. The highest BCUT2D eigenvalue weighted by molar-refractivity contribution is 7.99. The Morgan fingerprint density at radius 3 is 1.52 bits per heavy atom. The van der Waals surface area contributed by atoms with E-state index in [-0.39, 0.29) is 32.0 Å². The molecule has 2 aromatic carbocycles. The van der Waals surface area contributed by atoms with E-state index in [1.54, 1.807) is 48.5 Å². The third-order valence-corrected chi connectivity index (χ3v) is 9.35. The first-order valence-corrected chi connectivity index (χ1v) is 21.0. The van der Waals surface area contributed by atoms with E-state index in [1.807, 2.05) is 0 Å². The van der Waals surface area contributed by atoms with Crippen molar-refractivity contribution in [1.82, 2.24) is 0 Å². The van der Waals surface area contributed by atoms with E-state index in [0.29, 0.717) is 11.1 Å². The lowest BCUT2D eigenvalue weighted by Crippen LogP contribution is -2.50. The summed E-state index contributed by atoms with van der Waals surface area (Å²) >= 11 is 11.3. The van der Waals surface area contributed by atoms with Gasteiger partial charge in [0.25, 0.3) is 11.9 Å². The summed E-state index contributed by atoms with van der Waals surface area (Å²) in [5, 5.41) is 22.1. The number of azide groups is 2. The van der Waals surface area contributed by atoms with E-state index >= 15 is 0 Å². The van der Waals surface area contributed by atoms with Crippen LogP contribution in [0.15, 0.2) is 68.6 Å². The number of esters is 6. The zero-order chi connectivity index (χ0) is 51.2. The molecule has 0 aliphatic carbocycles. The maximum atomic E-state index is 11.7. The van der Waals surface area contributed by atoms with Crippen molar-refractivity contribution in [3.8, 4) is 0 Å². The maximum absolute atomic E-state index is 11.7. The molecule has 368 valence electrons. The van der Waals surface area contributed by atoms with Crippen LogP contribution in [-0.2, 0) is 66.7 Å². The molecule has 67 heavy (non-hydrogen) atoms. The van der Waals surface area contributed by atoms with Gasteiger partial charge in [-0.15, -0.1) is 12.6 Å². The Bertz CT molecular complexity index is 2070. The van der Waals surface area contributed by atoms with Crippen LogP contribution in [0.5, 0.6) is 0 Å². The smallest absolute Gasteiger partial charge is 0.337 e. The molecule has 0 saturated carbocycles. The number of thiol groups is 1. The SMILES string of the molecule is CC(=O)O.CC(=O)O.CC(=O)OCC1O[C@@H](Cl)C[C@@H](N=[N+]=[N-])[C@H]1OC(C)=O.COC(=O)c1cccc(S)c1.COC(=O)c1cccc(S[C@@H]2C[C@@H](N=[N+]=[N-])[C@@H](OC(C)=O)C(COC(C)=O)O2)c1. The van der Waals surface area contributed by atoms with Crippen LogP contribution in [0.2, 0.25) is 0 Å². The number of thioether (sulfide) groups is 1. The Morgan fingerprint density at radius 2 is 1.12 bits per heavy atom. The number of carboxylic acid groups (broad SMARTS) is 2. The average molecular weight is 1000 g/mol. The van der Waals surface area contributed by atoms with Gasteiger partial charge in [0.05, 0.1) is 37.4 Å². The number of methoxy groups -OCH3 is 2. The molecule has 2 fully saturated rings. The highest BCUT2D eigenvalue weighted by atomic mass is 35.5. The van der Waals surface area contributed by atoms with Crippen molar-refractivity contribution in [2.45, 2.75) is 112 Å². The topological polar surface area (TPSA) is 348 Å². The third kappa shape index (κ3) is 27.1. The number of halogens is 1. The van der Waals surface area contributed by atoms with Gasteiger partial charge in [0.15, 0.2) is 0 Å². The summed E-state index contributed by atoms with van der Waals surface area (Å²) in [6.07, 6.45) is -2.83. The lowest BCUT2D eigenvalue weighted by molar-refractivity contribution is -0.177. The Hall–Kier alpha value is -6.27. The summed E-state index contributed by atoms with van der Waals surface area (Å²) in [4.78, 5) is 92.2. The van der Waals surface area contributed by atoms with Gasteiger partial charge in [-0.25, -0.2) is 9.59 Å². The molecule has 0 spiro atoms. The van der Waals surface area contributed by atoms with Crippen LogP contribution in [0.1, 0.15) is 75.1 Å². The summed E-state index contributed by atoms with van der Waals surface area (Å²) in [6.45, 7) is 6.82. The van der Waals surface area contributed by atoms with Crippen LogP contribution in [0.4, 0.5) is 0 Å². The highest BCUT2D eigenvalue weighted by Gasteiger charge is 2.42. The van der Waals surface area contributed by atoms with E-state index in [2.05, 4.69) is 37.4 Å². The van der Waals surface area contributed by atoms with Gasteiger partial charge in [-0.3, -0.25) is 28.8 Å². The molecular weight excluding hydrogens is 952 g/mol. The van der Waals surface area contributed by atoms with E-state index in [0.717, 1.165) is 23.6 Å². The molecule has 2 aliphatic heterocycles. The van der Waals surface area contributed by atoms with Gasteiger partial charge in [-0.1, -0.05) is 45.7 Å². The lowest BCUT2D eigenvalue weighted by Gasteiger charge is -2.38. The van der Waals surface area contributed by atoms with Crippen molar-refractivity contribution in [2.75, 3.05) is 27.4 Å². The monoisotopic (exact) mass is 1000 g/mol. The number of hydrogen-bond donors (Lipinski definition) is 3. The molecule has 2 saturated heterocycles. The lowest BCUT2D eigenvalue weighted by atomic mass is 10.0. The quantitative estimate of drug-likeness (QED) is 0.0398. The first-order chi connectivity index (χ1) is 31.5. The van der Waals surface area contributed by atoms with E-state index in [1.165, 1.54) is 53.7 Å². The maximum Gasteiger partial charge on any atom is 0.337 e. The van der Waals surface area contributed by atoms with Gasteiger partial charge in [0.2, 0.25) is 0 Å². The van der Waals surface area contributed by atoms with Gasteiger partial charge in [-0.05, 0) is 60.3 Å². The number of benzene rings is 2. The minimum Gasteiger partial charge on any atom is -0.481 e. The number of hydrogen-bond acceptors (Lipinski definition) is 20. The number of aliphatic carboxylic acids is 2. The van der Waals surface area contributed by atoms with Crippen molar-refractivity contribution in [3.63, 3.8) is 0 Å². The average Bonchev–Trinajstić information content (AvgIpc) is 3.23. The number of carbonyl (C=O) groups excluding carboxylic acids is 6. The first kappa shape index (κ1) is 60.7. The molecule has 4 rings (SSSR count). The second kappa shape index (κ2) is 33.2. The number of carbonyl (C=O) groups is 8. The molecule has 24 nitrogen and oxygen atoms in total. The molecule has 27 heteroatoms. The Morgan fingerprint density at radius 1 is 0.701 bits per heavy atom. The molecular formula is C40H51ClN6O18S2. The zero-order valence-corrected chi connectivity index (χ0v) is 39.9. The van der Waals surface area contributed by atoms with Crippen LogP contribution in [0.3, 0.4) is 0 Å². The number of nitrogens with zero attached hydrogens (tertiary/aromatic N) is 6. The second-order valence-electron chi connectivity index (χ2n) is 13.2. The van der Waals surface area contributed by atoms with Crippen molar-refractivity contribution in [2.24, 2.45) is 10.2 Å². The summed E-state index contributed by atoms with van der Waals surface area (Å²) in [7, 11) is 2.65. The van der Waals surface area contributed by atoms with Crippen LogP contribution in [0.25, 0.3) is 20.9 Å². The molecule has 0 bridgehead atoms. The molecule has 2 aromatic rings. The Balaban J connectivity index is 0.000000975. The molecule has 2 aliphatic rings. The van der Waals surface area contributed by atoms with Crippen LogP contribution in [0, 0.1) is 0 Å². The fraction of sp³-hybridized carbons (Fsp3) is 0.500. The minimum atomic E-state index is -0.888. The minimum absolute atomic E-state index is 0.131. The van der Waals surface area contributed by atoms with Gasteiger partial charge in [0, 0.05) is 61.2 Å². The normalized spacial score (nSPS) is 20.9. The van der Waals surface area contributed by atoms with Crippen molar-refractivity contribution < 1.29 is 86.5 Å². The number of ether oxygens (including phenoxy) is 8. The zero-order valence-electron chi connectivity index (χ0n) is 37.4. The standard InChI is InChI=1S/C18H21N3O7S.C10H14ClN3O5.C8H8O2S.2C2H4O2/c1-10(22)26-9-15-17(27-11(2)23)14(20-21-19)8-16(28-15)29-13-6-4-5-12(7-13)18(24)25-3;1-5(15)17-4-8-10(18-6(2)16)7(13-14-12)3-9(11)19-8;1-10-8(9)6-3-2-4-7(11)5-6;2*1-2(3)4/h4-7,14-17H,8-9H2,1-3H3;7-10H,3-4H2,1-2H3;2-5,11H,1H3;2*1H3,(H,3,4)/t14-,15?,16-,17-;7-,8?,9-,10-;;;/m11.../s1. The first-order valence-electron chi connectivity index (χ1n) is 19.2. The predicted octanol–water partition coefficient (Wildman–Crippen LogP) is 6.31. The summed E-state index contributed by atoms with van der Waals surface area (Å²) < 4.78 is 40.7. The van der Waals surface area contributed by atoms with Crippen LogP contribution in [-0.4, -0.2) is 133 Å². The van der Waals surface area contributed by atoms with Gasteiger partial charge in [-0.2, -0.15) is 0 Å². The molecule has 2 N–H and O–H groups in total. The number of alkyl halides is 1. The van der Waals surface area contributed by atoms with Crippen molar-refractivity contribution >= 4 is 83.7 Å². The van der Waals surface area contributed by atoms with Crippen molar-refractivity contribution in [3.05, 3.63) is 80.5 Å². The molecule has 0 aromatic heterocycles.